The van der Waals surface area contributed by atoms with Crippen molar-refractivity contribution in [2.75, 3.05) is 13.1 Å². The highest BCUT2D eigenvalue weighted by atomic mass is 19.1. The average Bonchev–Trinajstić information content (AvgIpc) is 2.87. The van der Waals surface area contributed by atoms with Crippen LogP contribution in [0.4, 0.5) is 4.39 Å². The molecule has 3 aromatic carbocycles. The highest BCUT2D eigenvalue weighted by Crippen LogP contribution is 2.36. The molecule has 0 bridgehead atoms. The molecule has 0 unspecified atom stereocenters. The van der Waals surface area contributed by atoms with Gasteiger partial charge in [-0.1, -0.05) is 72.3 Å². The van der Waals surface area contributed by atoms with Crippen LogP contribution >= 0.6 is 0 Å². The summed E-state index contributed by atoms with van der Waals surface area (Å²) in [5.74, 6) is -0.186. The van der Waals surface area contributed by atoms with Crippen molar-refractivity contribution >= 4 is 11.8 Å². The Morgan fingerprint density at radius 2 is 1.62 bits per heavy atom. The number of piperidine rings is 1. The lowest BCUT2D eigenvalue weighted by Gasteiger charge is -2.41. The summed E-state index contributed by atoms with van der Waals surface area (Å²) >= 11 is 0. The predicted octanol–water partition coefficient (Wildman–Crippen LogP) is 4.94. The van der Waals surface area contributed by atoms with Crippen molar-refractivity contribution in [1.82, 2.24) is 10.2 Å². The fourth-order valence-corrected chi connectivity index (χ4v) is 4.78. The highest BCUT2D eigenvalue weighted by Gasteiger charge is 2.43. The number of hydrogen-bond acceptors (Lipinski definition) is 2. The molecule has 5 heteroatoms. The largest absolute Gasteiger partial charge is 0.351 e. The Labute approximate surface area is 200 Å². The Kier molecular flexibility index (Phi) is 7.41. The van der Waals surface area contributed by atoms with E-state index in [1.165, 1.54) is 12.1 Å². The fraction of sp³-hybridized carbons (Fsp3) is 0.310. The molecule has 34 heavy (non-hydrogen) atoms. The molecule has 176 valence electrons. The van der Waals surface area contributed by atoms with Gasteiger partial charge in [0.25, 0.3) is 0 Å². The van der Waals surface area contributed by atoms with Crippen LogP contribution in [0.3, 0.4) is 0 Å². The van der Waals surface area contributed by atoms with E-state index in [9.17, 15) is 14.0 Å². The minimum absolute atomic E-state index is 0.0126. The number of aryl methyl sites for hydroxylation is 2. The molecule has 0 aliphatic carbocycles. The zero-order valence-electron chi connectivity index (χ0n) is 19.6. The SMILES string of the molecule is Cc1cccc(CNC(=O)C2(c3ccccc3)CCN(C(=O)CCc3ccc(F)cc3)CC2)c1. The van der Waals surface area contributed by atoms with Gasteiger partial charge in [0.05, 0.1) is 5.41 Å². The van der Waals surface area contributed by atoms with Crippen LogP contribution in [0, 0.1) is 12.7 Å². The number of rotatable bonds is 7. The van der Waals surface area contributed by atoms with E-state index < -0.39 is 5.41 Å². The molecular formula is C29H31FN2O2. The Hall–Kier alpha value is -3.47. The van der Waals surface area contributed by atoms with Gasteiger partial charge in [0.2, 0.25) is 11.8 Å². The third-order valence-electron chi connectivity index (χ3n) is 6.81. The molecule has 1 heterocycles. The van der Waals surface area contributed by atoms with Gasteiger partial charge in [-0.3, -0.25) is 9.59 Å². The van der Waals surface area contributed by atoms with E-state index in [4.69, 9.17) is 0 Å². The molecule has 0 spiro atoms. The number of benzene rings is 3. The first kappa shape index (κ1) is 23.7. The second-order valence-electron chi connectivity index (χ2n) is 9.13. The van der Waals surface area contributed by atoms with E-state index in [1.54, 1.807) is 12.1 Å². The molecule has 1 saturated heterocycles. The molecule has 0 saturated carbocycles. The predicted molar refractivity (Wildman–Crippen MR) is 132 cm³/mol. The third-order valence-corrected chi connectivity index (χ3v) is 6.81. The summed E-state index contributed by atoms with van der Waals surface area (Å²) in [6.45, 7) is 3.60. The fourth-order valence-electron chi connectivity index (χ4n) is 4.78. The number of likely N-dealkylation sites (tertiary alicyclic amines) is 1. The summed E-state index contributed by atoms with van der Waals surface area (Å²) in [6, 6.07) is 24.3. The average molecular weight is 459 g/mol. The zero-order chi connectivity index (χ0) is 24.0. The Morgan fingerprint density at radius 3 is 2.29 bits per heavy atom. The molecule has 3 aromatic rings. The van der Waals surface area contributed by atoms with Crippen molar-refractivity contribution in [3.05, 3.63) is 107 Å². The van der Waals surface area contributed by atoms with Crippen molar-refractivity contribution in [3.8, 4) is 0 Å². The lowest BCUT2D eigenvalue weighted by atomic mass is 9.72. The second kappa shape index (κ2) is 10.6. The maximum atomic E-state index is 13.5. The topological polar surface area (TPSA) is 49.4 Å². The number of hydrogen-bond donors (Lipinski definition) is 1. The smallest absolute Gasteiger partial charge is 0.231 e. The zero-order valence-corrected chi connectivity index (χ0v) is 19.6. The molecule has 2 amide bonds. The first-order valence-corrected chi connectivity index (χ1v) is 11.9. The Morgan fingerprint density at radius 1 is 0.912 bits per heavy atom. The Balaban J connectivity index is 1.41. The molecule has 0 radical (unpaired) electrons. The lowest BCUT2D eigenvalue weighted by Crippen LogP contribution is -2.52. The second-order valence-corrected chi connectivity index (χ2v) is 9.13. The van der Waals surface area contributed by atoms with E-state index in [0.717, 1.165) is 22.3 Å². The molecule has 1 aliphatic heterocycles. The maximum Gasteiger partial charge on any atom is 0.231 e. The van der Waals surface area contributed by atoms with Crippen LogP contribution < -0.4 is 5.32 Å². The van der Waals surface area contributed by atoms with Gasteiger partial charge in [-0.25, -0.2) is 4.39 Å². The first-order chi connectivity index (χ1) is 16.5. The van der Waals surface area contributed by atoms with Crippen LogP contribution in [-0.2, 0) is 28.0 Å². The van der Waals surface area contributed by atoms with Gasteiger partial charge in [0.1, 0.15) is 5.82 Å². The van der Waals surface area contributed by atoms with E-state index in [2.05, 4.69) is 11.4 Å². The minimum atomic E-state index is -0.654. The summed E-state index contributed by atoms with van der Waals surface area (Å²) in [5, 5.41) is 3.16. The first-order valence-electron chi connectivity index (χ1n) is 11.9. The van der Waals surface area contributed by atoms with Crippen molar-refractivity contribution in [1.29, 1.82) is 0 Å². The number of halogens is 1. The monoisotopic (exact) mass is 458 g/mol. The molecule has 1 fully saturated rings. The van der Waals surface area contributed by atoms with Crippen LogP contribution in [0.5, 0.6) is 0 Å². The summed E-state index contributed by atoms with van der Waals surface area (Å²) in [6.07, 6.45) is 2.12. The van der Waals surface area contributed by atoms with E-state index >= 15 is 0 Å². The number of carbonyl (C=O) groups is 2. The summed E-state index contributed by atoms with van der Waals surface area (Å²) in [4.78, 5) is 28.3. The normalized spacial score (nSPS) is 15.1. The van der Waals surface area contributed by atoms with Crippen LogP contribution in [0.25, 0.3) is 0 Å². The van der Waals surface area contributed by atoms with Crippen LogP contribution in [-0.4, -0.2) is 29.8 Å². The maximum absolute atomic E-state index is 13.5. The third kappa shape index (κ3) is 5.53. The van der Waals surface area contributed by atoms with E-state index in [-0.39, 0.29) is 17.6 Å². The standard InChI is InChI=1S/C29H31FN2O2/c1-22-6-5-7-24(20-22)21-31-28(34)29(25-8-3-2-4-9-25)16-18-32(19-17-29)27(33)15-12-23-10-13-26(30)14-11-23/h2-11,13-14,20H,12,15-19,21H2,1H3,(H,31,34). The van der Waals surface area contributed by atoms with Crippen LogP contribution in [0.1, 0.15) is 41.5 Å². The van der Waals surface area contributed by atoms with Gasteiger partial charge in [-0.2, -0.15) is 0 Å². The quantitative estimate of drug-likeness (QED) is 0.545. The van der Waals surface area contributed by atoms with Gasteiger partial charge in [0, 0.05) is 26.1 Å². The van der Waals surface area contributed by atoms with Gasteiger partial charge in [-0.05, 0) is 55.0 Å². The number of carbonyl (C=O) groups excluding carboxylic acids is 2. The van der Waals surface area contributed by atoms with Crippen LogP contribution in [0.2, 0.25) is 0 Å². The number of nitrogens with zero attached hydrogens (tertiary/aromatic N) is 1. The minimum Gasteiger partial charge on any atom is -0.351 e. The summed E-state index contributed by atoms with van der Waals surface area (Å²) < 4.78 is 13.1. The molecule has 0 aromatic heterocycles. The van der Waals surface area contributed by atoms with E-state index in [0.29, 0.717) is 45.3 Å². The highest BCUT2D eigenvalue weighted by molar-refractivity contribution is 5.89. The molecule has 0 atom stereocenters. The molecule has 4 rings (SSSR count). The summed E-state index contributed by atoms with van der Waals surface area (Å²) in [7, 11) is 0. The molecular weight excluding hydrogens is 427 g/mol. The Bertz CT molecular complexity index is 1120. The van der Waals surface area contributed by atoms with Gasteiger partial charge in [-0.15, -0.1) is 0 Å². The van der Waals surface area contributed by atoms with Crippen molar-refractivity contribution in [3.63, 3.8) is 0 Å². The summed E-state index contributed by atoms with van der Waals surface area (Å²) in [5.41, 5.74) is 3.52. The van der Waals surface area contributed by atoms with Crippen molar-refractivity contribution in [2.45, 2.75) is 44.6 Å². The lowest BCUT2D eigenvalue weighted by molar-refractivity contribution is -0.137. The van der Waals surface area contributed by atoms with Crippen LogP contribution in [0.15, 0.2) is 78.9 Å². The number of nitrogens with one attached hydrogen (secondary N) is 1. The molecule has 1 N–H and O–H groups in total. The number of amides is 2. The van der Waals surface area contributed by atoms with Crippen molar-refractivity contribution in [2.24, 2.45) is 0 Å². The van der Waals surface area contributed by atoms with E-state index in [1.807, 2.05) is 60.4 Å². The van der Waals surface area contributed by atoms with Gasteiger partial charge in [0.15, 0.2) is 0 Å². The van der Waals surface area contributed by atoms with Gasteiger partial charge < -0.3 is 10.2 Å². The molecule has 1 aliphatic rings. The molecule has 4 nitrogen and oxygen atoms in total. The van der Waals surface area contributed by atoms with Gasteiger partial charge >= 0.3 is 0 Å². The van der Waals surface area contributed by atoms with Crippen molar-refractivity contribution < 1.29 is 14.0 Å².